The van der Waals surface area contributed by atoms with E-state index in [-0.39, 0.29) is 0 Å². The fraction of sp³-hybridized carbons (Fsp3) is 0.250. The number of anilines is 3. The molecule has 0 heterocycles. The van der Waals surface area contributed by atoms with Gasteiger partial charge >= 0.3 is 18.5 Å². The molecule has 0 saturated carbocycles. The molecule has 0 bridgehead atoms. The molecule has 0 fully saturated rings. The van der Waals surface area contributed by atoms with Gasteiger partial charge in [0.15, 0.2) is 0 Å². The van der Waals surface area contributed by atoms with Gasteiger partial charge in [0.2, 0.25) is 0 Å². The third kappa shape index (κ3) is 15.6. The van der Waals surface area contributed by atoms with Gasteiger partial charge in [-0.25, -0.2) is 14.4 Å². The molecule has 10 nitrogen and oxygen atoms in total. The van der Waals surface area contributed by atoms with E-state index in [1.54, 1.807) is 80.5 Å². The Balaban J connectivity index is 1.31. The Hall–Kier alpha value is -8.39. The van der Waals surface area contributed by atoms with Crippen LogP contribution in [0, 0.1) is 56.3 Å². The van der Waals surface area contributed by atoms with Gasteiger partial charge in [-0.1, -0.05) is 53.7 Å². The number of carbonyl (C=O) groups excluding carboxylic acids is 3. The molecule has 356 valence electrons. The summed E-state index contributed by atoms with van der Waals surface area (Å²) in [5, 5.41) is 0. The van der Waals surface area contributed by atoms with Crippen molar-refractivity contribution in [3.63, 3.8) is 0 Å². The van der Waals surface area contributed by atoms with E-state index < -0.39 is 35.3 Å². The van der Waals surface area contributed by atoms with Crippen LogP contribution in [-0.2, 0) is 14.2 Å². The van der Waals surface area contributed by atoms with E-state index in [9.17, 15) is 14.4 Å². The first-order chi connectivity index (χ1) is 32.9. The zero-order valence-corrected chi connectivity index (χ0v) is 41.7. The first-order valence-corrected chi connectivity index (χ1v) is 22.7. The largest absolute Gasteiger partial charge is 0.514 e. The lowest BCUT2D eigenvalue weighted by Crippen LogP contribution is -2.26. The van der Waals surface area contributed by atoms with Gasteiger partial charge in [0, 0.05) is 33.8 Å². The summed E-state index contributed by atoms with van der Waals surface area (Å²) < 4.78 is 32.9. The van der Waals surface area contributed by atoms with E-state index in [0.717, 1.165) is 50.4 Å². The van der Waals surface area contributed by atoms with Crippen molar-refractivity contribution in [1.82, 2.24) is 0 Å². The predicted molar refractivity (Wildman–Crippen MR) is 273 cm³/mol. The monoisotopic (exact) mass is 935 g/mol. The number of rotatable bonds is 6. The molecule has 70 heavy (non-hydrogen) atoms. The Bertz CT molecular complexity index is 2740. The molecular weight excluding hydrogens is 879 g/mol. The predicted octanol–water partition coefficient (Wildman–Crippen LogP) is 14.2. The van der Waals surface area contributed by atoms with Crippen LogP contribution in [0.4, 0.5) is 31.4 Å². The first-order valence-electron chi connectivity index (χ1n) is 22.7. The molecule has 0 spiro atoms. The lowest BCUT2D eigenvalue weighted by atomic mass is 10.1. The van der Waals surface area contributed by atoms with Crippen LogP contribution < -0.4 is 19.1 Å². The molecule has 0 radical (unpaired) electrons. The van der Waals surface area contributed by atoms with Crippen molar-refractivity contribution >= 4 is 35.5 Å². The van der Waals surface area contributed by atoms with Gasteiger partial charge in [0.05, 0.1) is 16.7 Å². The van der Waals surface area contributed by atoms with Crippen LogP contribution in [0.5, 0.6) is 17.2 Å². The Labute approximate surface area is 411 Å². The second-order valence-corrected chi connectivity index (χ2v) is 19.4. The number of hydrogen-bond acceptors (Lipinski definition) is 10. The Morgan fingerprint density at radius 2 is 0.600 bits per heavy atom. The van der Waals surface area contributed by atoms with Crippen LogP contribution in [-0.4, -0.2) is 35.3 Å². The number of benzene rings is 6. The van der Waals surface area contributed by atoms with Crippen molar-refractivity contribution in [3.05, 3.63) is 177 Å². The highest BCUT2D eigenvalue weighted by atomic mass is 16.7. The minimum Gasteiger partial charge on any atom is -0.428 e. The van der Waals surface area contributed by atoms with Gasteiger partial charge in [-0.05, 0) is 209 Å². The molecule has 6 aromatic carbocycles. The fourth-order valence-electron chi connectivity index (χ4n) is 6.48. The van der Waals surface area contributed by atoms with Gasteiger partial charge in [0.25, 0.3) is 0 Å². The maximum absolute atomic E-state index is 12.6. The van der Waals surface area contributed by atoms with Crippen LogP contribution in [0.25, 0.3) is 0 Å². The average molecular weight is 936 g/mol. The second-order valence-electron chi connectivity index (χ2n) is 19.4. The van der Waals surface area contributed by atoms with Crippen LogP contribution in [0.2, 0.25) is 0 Å². The third-order valence-electron chi connectivity index (χ3n) is 9.56. The number of hydrogen-bond donors (Lipinski definition) is 0. The molecule has 0 N–H and O–H groups in total. The van der Waals surface area contributed by atoms with E-state index in [1.807, 2.05) is 130 Å². The molecule has 0 aliphatic carbocycles. The molecular formula is C60H57NO9. The lowest BCUT2D eigenvalue weighted by molar-refractivity contribution is 0.0192. The molecule has 10 heteroatoms. The highest BCUT2D eigenvalue weighted by molar-refractivity contribution is 5.78. The summed E-state index contributed by atoms with van der Waals surface area (Å²) >= 11 is 0. The van der Waals surface area contributed by atoms with Crippen LogP contribution >= 0.6 is 0 Å². The van der Waals surface area contributed by atoms with E-state index in [1.165, 1.54) is 0 Å². The Morgan fingerprint density at radius 3 is 0.829 bits per heavy atom. The maximum atomic E-state index is 12.6. The second kappa shape index (κ2) is 21.7. The molecule has 0 saturated heterocycles. The summed E-state index contributed by atoms with van der Waals surface area (Å²) in [7, 11) is 0. The normalized spacial score (nSPS) is 11.0. The highest BCUT2D eigenvalue weighted by Crippen LogP contribution is 2.35. The zero-order chi connectivity index (χ0) is 50.8. The number of carbonyl (C=O) groups is 3. The van der Waals surface area contributed by atoms with E-state index in [2.05, 4.69) is 40.4 Å². The Morgan fingerprint density at radius 1 is 0.357 bits per heavy atom. The first kappa shape index (κ1) is 51.0. The number of nitrogens with zero attached hydrogens (tertiary/aromatic N) is 1. The smallest absolute Gasteiger partial charge is 0.428 e. The summed E-state index contributed by atoms with van der Waals surface area (Å²) in [6.45, 7) is 21.7. The van der Waals surface area contributed by atoms with Crippen molar-refractivity contribution in [1.29, 1.82) is 0 Å². The summed E-state index contributed by atoms with van der Waals surface area (Å²) in [5.41, 5.74) is 6.95. The minimum atomic E-state index is -0.804. The lowest BCUT2D eigenvalue weighted by Gasteiger charge is -2.25. The van der Waals surface area contributed by atoms with Gasteiger partial charge < -0.3 is 33.3 Å². The van der Waals surface area contributed by atoms with Gasteiger partial charge in [-0.15, -0.1) is 0 Å². The summed E-state index contributed by atoms with van der Waals surface area (Å²) in [6.07, 6.45) is -2.41. The molecule has 6 aromatic rings. The topological polar surface area (TPSA) is 110 Å². The van der Waals surface area contributed by atoms with Crippen LogP contribution in [0.15, 0.2) is 127 Å². The molecule has 0 unspecified atom stereocenters. The molecule has 6 rings (SSSR count). The maximum Gasteiger partial charge on any atom is 0.514 e. The van der Waals surface area contributed by atoms with Crippen molar-refractivity contribution in [2.24, 2.45) is 0 Å². The van der Waals surface area contributed by atoms with Crippen molar-refractivity contribution in [2.45, 2.75) is 99.9 Å². The van der Waals surface area contributed by atoms with Gasteiger partial charge in [-0.2, -0.15) is 0 Å². The van der Waals surface area contributed by atoms with Crippen molar-refractivity contribution in [3.8, 4) is 52.8 Å². The van der Waals surface area contributed by atoms with Crippen molar-refractivity contribution < 1.29 is 42.8 Å². The quantitative estimate of drug-likeness (QED) is 0.0693. The highest BCUT2D eigenvalue weighted by Gasteiger charge is 2.22. The summed E-state index contributed by atoms with van der Waals surface area (Å²) in [5.74, 6) is 20.1. The van der Waals surface area contributed by atoms with E-state index in [4.69, 9.17) is 28.4 Å². The number of aryl methyl sites for hydroxylation is 3. The molecule has 0 aliphatic rings. The van der Waals surface area contributed by atoms with Gasteiger partial charge in [0.1, 0.15) is 34.1 Å². The molecule has 0 atom stereocenters. The summed E-state index contributed by atoms with van der Waals surface area (Å²) in [4.78, 5) is 39.8. The molecule has 0 aromatic heterocycles. The van der Waals surface area contributed by atoms with Crippen LogP contribution in [0.1, 0.15) is 112 Å². The van der Waals surface area contributed by atoms with Crippen LogP contribution in [0.3, 0.4) is 0 Å². The van der Waals surface area contributed by atoms with Gasteiger partial charge in [-0.3, -0.25) is 0 Å². The van der Waals surface area contributed by atoms with E-state index in [0.29, 0.717) is 33.9 Å². The molecule has 0 aliphatic heterocycles. The van der Waals surface area contributed by atoms with E-state index >= 15 is 0 Å². The standard InChI is InChI=1S/C60H57NO9/c1-40-13-25-46(52(37-40)65-55(62)68-58(4,5)6)28-16-43-19-31-49(32-20-43)61(50-33-21-44(22-34-50)17-29-47-26-14-41(2)38-53(47)66-56(63)69-59(7,8)9)51-35-23-45(24-36-51)18-30-48-27-15-42(3)39-54(48)67-57(64)70-60(10,11)12/h13-15,19-27,31-39H,1-12H3. The average Bonchev–Trinajstić information content (AvgIpc) is 3.25. The SMILES string of the molecule is Cc1ccc(C#Cc2ccc(N(c3ccc(C#Cc4ccc(C)cc4OC(=O)OC(C)(C)C)cc3)c3ccc(C#Cc4ccc(C)cc4OC(=O)OC(C)(C)C)cc3)cc2)c(OC(=O)OC(C)(C)C)c1. The number of ether oxygens (including phenoxy) is 6. The zero-order valence-electron chi connectivity index (χ0n) is 41.7. The molecule has 0 amide bonds. The third-order valence-corrected chi connectivity index (χ3v) is 9.56. The Kier molecular flexibility index (Phi) is 15.8. The summed E-state index contributed by atoms with van der Waals surface area (Å²) in [6, 6.07) is 39.8. The fourth-order valence-corrected chi connectivity index (χ4v) is 6.48. The minimum absolute atomic E-state index is 0.313. The van der Waals surface area contributed by atoms with Crippen molar-refractivity contribution in [2.75, 3.05) is 4.90 Å².